The van der Waals surface area contributed by atoms with Crippen molar-refractivity contribution in [2.75, 3.05) is 0 Å². The Morgan fingerprint density at radius 1 is 0.278 bits per heavy atom. The van der Waals surface area contributed by atoms with Crippen LogP contribution in [0.25, 0.3) is 117 Å². The minimum absolute atomic E-state index is 1.23. The molecule has 2 heterocycles. The lowest BCUT2D eigenvalue weighted by atomic mass is 9.85. The number of thiophene rings is 2. The zero-order valence-corrected chi connectivity index (χ0v) is 30.8. The number of rotatable bonds is 3. The Hall–Kier alpha value is -6.32. The Labute approximate surface area is 319 Å². The summed E-state index contributed by atoms with van der Waals surface area (Å²) in [6.45, 7) is 0. The molecule has 54 heavy (non-hydrogen) atoms. The molecule has 0 unspecified atom stereocenters. The molecule has 10 aromatic carbocycles. The number of hydrogen-bond donors (Lipinski definition) is 0. The Morgan fingerprint density at radius 3 is 1.54 bits per heavy atom. The van der Waals surface area contributed by atoms with Crippen LogP contribution in [-0.4, -0.2) is 0 Å². The van der Waals surface area contributed by atoms with Gasteiger partial charge in [-0.2, -0.15) is 0 Å². The Balaban J connectivity index is 1.14. The fourth-order valence-electron chi connectivity index (χ4n) is 9.13. The van der Waals surface area contributed by atoms with Gasteiger partial charge in [0.05, 0.1) is 0 Å². The van der Waals surface area contributed by atoms with Gasteiger partial charge in [0.1, 0.15) is 0 Å². The molecule has 0 radical (unpaired) electrons. The molecule has 0 bridgehead atoms. The second-order valence-corrected chi connectivity index (χ2v) is 16.4. The van der Waals surface area contributed by atoms with Gasteiger partial charge >= 0.3 is 0 Å². The van der Waals surface area contributed by atoms with Crippen LogP contribution in [0.4, 0.5) is 0 Å². The highest BCUT2D eigenvalue weighted by Crippen LogP contribution is 2.51. The van der Waals surface area contributed by atoms with Gasteiger partial charge < -0.3 is 0 Å². The van der Waals surface area contributed by atoms with Crippen LogP contribution >= 0.6 is 22.7 Å². The fraction of sp³-hybridized carbons (Fsp3) is 0. The van der Waals surface area contributed by atoms with E-state index < -0.39 is 0 Å². The molecule has 0 amide bonds. The Kier molecular flexibility index (Phi) is 6.48. The van der Waals surface area contributed by atoms with E-state index in [-0.39, 0.29) is 0 Å². The van der Waals surface area contributed by atoms with Crippen LogP contribution in [-0.2, 0) is 0 Å². The summed E-state index contributed by atoms with van der Waals surface area (Å²) in [5, 5.41) is 15.8. The predicted molar refractivity (Wildman–Crippen MR) is 239 cm³/mol. The predicted octanol–water partition coefficient (Wildman–Crippen LogP) is 16.0. The molecule has 0 N–H and O–H groups in total. The number of hydrogen-bond acceptors (Lipinski definition) is 2. The lowest BCUT2D eigenvalue weighted by Gasteiger charge is -2.18. The lowest BCUT2D eigenvalue weighted by Crippen LogP contribution is -1.91. The summed E-state index contributed by atoms with van der Waals surface area (Å²) in [6, 6.07) is 67.7. The van der Waals surface area contributed by atoms with Gasteiger partial charge in [-0.15, -0.1) is 22.7 Å². The minimum atomic E-state index is 1.23. The van der Waals surface area contributed by atoms with E-state index in [9.17, 15) is 0 Å². The normalized spacial score (nSPS) is 12.1. The first kappa shape index (κ1) is 30.2. The summed E-state index contributed by atoms with van der Waals surface area (Å²) in [5.74, 6) is 0. The van der Waals surface area contributed by atoms with E-state index in [1.54, 1.807) is 0 Å². The first-order chi connectivity index (χ1) is 26.8. The summed E-state index contributed by atoms with van der Waals surface area (Å²) >= 11 is 3.87. The minimum Gasteiger partial charge on any atom is -0.134 e. The largest absolute Gasteiger partial charge is 0.134 e. The summed E-state index contributed by atoms with van der Waals surface area (Å²) in [5.41, 5.74) is 7.56. The monoisotopic (exact) mass is 718 g/mol. The van der Waals surface area contributed by atoms with Gasteiger partial charge in [-0.05, 0) is 95.3 Å². The highest BCUT2D eigenvalue weighted by atomic mass is 32.1. The molecule has 12 rings (SSSR count). The summed E-state index contributed by atoms with van der Waals surface area (Å²) in [7, 11) is 0. The van der Waals surface area contributed by atoms with Crippen LogP contribution in [0.1, 0.15) is 0 Å². The van der Waals surface area contributed by atoms with Crippen molar-refractivity contribution < 1.29 is 0 Å². The van der Waals surface area contributed by atoms with Gasteiger partial charge in [-0.3, -0.25) is 0 Å². The number of benzene rings is 10. The zero-order chi connectivity index (χ0) is 35.3. The van der Waals surface area contributed by atoms with E-state index >= 15 is 0 Å². The molecule has 2 aromatic heterocycles. The van der Waals surface area contributed by atoms with Crippen LogP contribution in [0.2, 0.25) is 0 Å². The maximum Gasteiger partial charge on any atom is 0.0455 e. The lowest BCUT2D eigenvalue weighted by molar-refractivity contribution is 1.63. The smallest absolute Gasteiger partial charge is 0.0455 e. The van der Waals surface area contributed by atoms with Crippen molar-refractivity contribution >= 4 is 106 Å². The van der Waals surface area contributed by atoms with Crippen LogP contribution in [0.3, 0.4) is 0 Å². The van der Waals surface area contributed by atoms with E-state index in [2.05, 4.69) is 182 Å². The summed E-state index contributed by atoms with van der Waals surface area (Å²) < 4.78 is 5.47. The second kappa shape index (κ2) is 11.6. The van der Waals surface area contributed by atoms with Gasteiger partial charge in [0, 0.05) is 45.7 Å². The molecule has 0 nitrogen and oxygen atoms in total. The molecule has 0 saturated carbocycles. The van der Waals surface area contributed by atoms with Crippen molar-refractivity contribution in [3.8, 4) is 33.4 Å². The molecule has 250 valence electrons. The van der Waals surface area contributed by atoms with Gasteiger partial charge in [0.25, 0.3) is 0 Å². The van der Waals surface area contributed by atoms with Crippen molar-refractivity contribution in [3.05, 3.63) is 182 Å². The molecule has 0 saturated heterocycles. The molecule has 0 aliphatic rings. The fourth-order valence-corrected chi connectivity index (χ4v) is 11.7. The van der Waals surface area contributed by atoms with Crippen LogP contribution in [0, 0.1) is 0 Å². The summed E-state index contributed by atoms with van der Waals surface area (Å²) in [6.07, 6.45) is 0. The van der Waals surface area contributed by atoms with Crippen LogP contribution < -0.4 is 0 Å². The topological polar surface area (TPSA) is 0 Å². The third kappa shape index (κ3) is 4.30. The molecule has 0 fully saturated rings. The molecule has 0 aliphatic heterocycles. The van der Waals surface area contributed by atoms with Gasteiger partial charge in [0.2, 0.25) is 0 Å². The van der Waals surface area contributed by atoms with Crippen molar-refractivity contribution in [3.63, 3.8) is 0 Å². The summed E-state index contributed by atoms with van der Waals surface area (Å²) in [4.78, 5) is 0. The van der Waals surface area contributed by atoms with Crippen LogP contribution in [0.15, 0.2) is 182 Å². The first-order valence-electron chi connectivity index (χ1n) is 18.5. The van der Waals surface area contributed by atoms with Crippen molar-refractivity contribution in [1.29, 1.82) is 0 Å². The molecule has 2 heteroatoms. The average Bonchev–Trinajstić information content (AvgIpc) is 3.82. The van der Waals surface area contributed by atoms with Crippen molar-refractivity contribution in [2.24, 2.45) is 0 Å². The number of fused-ring (bicyclic) bond motifs is 13. The Bertz CT molecular complexity index is 3440. The van der Waals surface area contributed by atoms with Crippen LogP contribution in [0.5, 0.6) is 0 Å². The first-order valence-corrected chi connectivity index (χ1v) is 20.1. The second-order valence-electron chi connectivity index (χ2n) is 14.3. The zero-order valence-electron chi connectivity index (χ0n) is 29.1. The maximum atomic E-state index is 2.48. The standard InChI is InChI=1S/C52H30S2/c1-2-17-35-31(13-1)14-12-25-36(35)32-15-11-16-33(29-32)47-37-18-3-5-20-39(37)48(40-21-6-4-19-38(40)47)34-27-28-46-44(30-34)49-41-22-7-8-23-42(41)51-50(52(49)54-46)43-24-9-10-26-45(43)53-51/h1-30H. The van der Waals surface area contributed by atoms with Gasteiger partial charge in [0.15, 0.2) is 0 Å². The highest BCUT2D eigenvalue weighted by Gasteiger charge is 2.21. The van der Waals surface area contributed by atoms with E-state index in [4.69, 9.17) is 0 Å². The maximum absolute atomic E-state index is 2.48. The molecular formula is C52H30S2. The molecule has 0 atom stereocenters. The van der Waals surface area contributed by atoms with E-state index in [1.165, 1.54) is 117 Å². The van der Waals surface area contributed by atoms with Gasteiger partial charge in [-0.1, -0.05) is 158 Å². The van der Waals surface area contributed by atoms with E-state index in [1.807, 2.05) is 22.7 Å². The molecule has 0 spiro atoms. The highest BCUT2D eigenvalue weighted by molar-refractivity contribution is 7.30. The quantitative estimate of drug-likeness (QED) is 0.160. The van der Waals surface area contributed by atoms with E-state index in [0.717, 1.165) is 0 Å². The SMILES string of the molecule is c1cc(-c2cccc3ccccc23)cc(-c2c3ccccc3c(-c3ccc4sc5c(c4c3)c3ccccc3c3sc4ccccc4c35)c3ccccc23)c1. The van der Waals surface area contributed by atoms with Gasteiger partial charge in [-0.25, -0.2) is 0 Å². The Morgan fingerprint density at radius 2 is 0.796 bits per heavy atom. The third-order valence-corrected chi connectivity index (χ3v) is 13.8. The third-order valence-electron chi connectivity index (χ3n) is 11.4. The van der Waals surface area contributed by atoms with E-state index in [0.29, 0.717) is 0 Å². The van der Waals surface area contributed by atoms with Crippen molar-refractivity contribution in [2.45, 2.75) is 0 Å². The molecular weight excluding hydrogens is 689 g/mol. The molecule has 12 aromatic rings. The molecule has 0 aliphatic carbocycles. The van der Waals surface area contributed by atoms with Crippen molar-refractivity contribution in [1.82, 2.24) is 0 Å². The average molecular weight is 719 g/mol.